The Kier molecular flexibility index (Phi) is 4.37. The maximum Gasteiger partial charge on any atom is 0.410 e. The maximum absolute atomic E-state index is 12.1. The van der Waals surface area contributed by atoms with E-state index in [0.29, 0.717) is 13.1 Å². The van der Waals surface area contributed by atoms with Gasteiger partial charge >= 0.3 is 6.09 Å². The van der Waals surface area contributed by atoms with Crippen molar-refractivity contribution < 1.29 is 24.9 Å². The van der Waals surface area contributed by atoms with Crippen LogP contribution in [0.3, 0.4) is 0 Å². The van der Waals surface area contributed by atoms with Gasteiger partial charge in [0, 0.05) is 31.8 Å². The highest BCUT2D eigenvalue weighted by atomic mass is 16.6. The fourth-order valence-corrected chi connectivity index (χ4v) is 2.40. The van der Waals surface area contributed by atoms with Gasteiger partial charge in [-0.05, 0) is 20.8 Å². The number of ether oxygens (including phenoxy) is 1. The summed E-state index contributed by atoms with van der Waals surface area (Å²) in [6.07, 6.45) is -0.434. The normalized spacial score (nSPS) is 19.0. The van der Waals surface area contributed by atoms with Crippen molar-refractivity contribution in [3.05, 3.63) is 17.7 Å². The Morgan fingerprint density at radius 2 is 1.86 bits per heavy atom. The van der Waals surface area contributed by atoms with Crippen molar-refractivity contribution in [3.8, 4) is 17.2 Å². The van der Waals surface area contributed by atoms with Crippen LogP contribution < -0.4 is 5.32 Å². The molecule has 1 saturated heterocycles. The Hall–Kier alpha value is -2.15. The first-order valence-corrected chi connectivity index (χ1v) is 7.13. The molecular weight excluding hydrogens is 288 g/mol. The molecule has 4 N–H and O–H groups in total. The quantitative estimate of drug-likeness (QED) is 0.629. The predicted octanol–water partition coefficient (Wildman–Crippen LogP) is 1.68. The minimum atomic E-state index is -0.583. The van der Waals surface area contributed by atoms with Crippen LogP contribution >= 0.6 is 0 Å². The highest BCUT2D eigenvalue weighted by Gasteiger charge is 2.30. The van der Waals surface area contributed by atoms with Crippen molar-refractivity contribution in [2.45, 2.75) is 32.4 Å². The van der Waals surface area contributed by atoms with Gasteiger partial charge in [-0.1, -0.05) is 0 Å². The molecule has 1 heterocycles. The monoisotopic (exact) mass is 310 g/mol. The van der Waals surface area contributed by atoms with Crippen molar-refractivity contribution in [2.75, 3.05) is 19.6 Å². The molecule has 2 rings (SSSR count). The van der Waals surface area contributed by atoms with E-state index >= 15 is 0 Å². The van der Waals surface area contributed by atoms with Gasteiger partial charge in [0.1, 0.15) is 22.8 Å². The van der Waals surface area contributed by atoms with Crippen LogP contribution in [-0.2, 0) is 4.74 Å². The lowest BCUT2D eigenvalue weighted by Crippen LogP contribution is -2.49. The molecule has 7 heteroatoms. The molecule has 1 aliphatic rings. The Balaban J connectivity index is 2.16. The molecule has 0 saturated carbocycles. The van der Waals surface area contributed by atoms with Crippen molar-refractivity contribution in [1.29, 1.82) is 0 Å². The van der Waals surface area contributed by atoms with Gasteiger partial charge in [0.15, 0.2) is 0 Å². The minimum Gasteiger partial charge on any atom is -0.508 e. The van der Waals surface area contributed by atoms with E-state index in [4.69, 9.17) is 4.74 Å². The fraction of sp³-hybridized carbons (Fsp3) is 0.533. The molecule has 0 spiro atoms. The number of carbonyl (C=O) groups is 1. The third-order valence-electron chi connectivity index (χ3n) is 3.30. The Morgan fingerprint density at radius 1 is 1.27 bits per heavy atom. The lowest BCUT2D eigenvalue weighted by atomic mass is 10.0. The number of nitrogens with zero attached hydrogens (tertiary/aromatic N) is 1. The van der Waals surface area contributed by atoms with Gasteiger partial charge in [0.25, 0.3) is 0 Å². The molecule has 122 valence electrons. The first-order chi connectivity index (χ1) is 10.2. The number of benzene rings is 1. The number of nitrogens with one attached hydrogen (secondary N) is 1. The molecule has 1 amide bonds. The summed E-state index contributed by atoms with van der Waals surface area (Å²) in [4.78, 5) is 13.7. The van der Waals surface area contributed by atoms with Crippen LogP contribution in [0.1, 0.15) is 32.4 Å². The zero-order chi connectivity index (χ0) is 16.5. The highest BCUT2D eigenvalue weighted by molar-refractivity contribution is 5.68. The number of phenolic OH excluding ortho intramolecular Hbond substituents is 3. The lowest BCUT2D eigenvalue weighted by Gasteiger charge is -2.35. The van der Waals surface area contributed by atoms with Crippen LogP contribution in [0, 0.1) is 0 Å². The van der Waals surface area contributed by atoms with E-state index in [9.17, 15) is 20.1 Å². The molecule has 0 aromatic heterocycles. The van der Waals surface area contributed by atoms with E-state index in [2.05, 4.69) is 5.32 Å². The zero-order valence-corrected chi connectivity index (χ0v) is 13.0. The number of hydrogen-bond donors (Lipinski definition) is 4. The Bertz CT molecular complexity index is 545. The van der Waals surface area contributed by atoms with Gasteiger partial charge in [-0.2, -0.15) is 0 Å². The van der Waals surface area contributed by atoms with Crippen LogP contribution in [0.25, 0.3) is 0 Å². The van der Waals surface area contributed by atoms with Gasteiger partial charge < -0.3 is 30.3 Å². The number of rotatable bonds is 1. The SMILES string of the molecule is CC(C)(C)OC(=O)N1CCNC(c2c(O)cc(O)cc2O)C1. The van der Waals surface area contributed by atoms with Crippen molar-refractivity contribution >= 4 is 6.09 Å². The van der Waals surface area contributed by atoms with Gasteiger partial charge in [-0.25, -0.2) is 4.79 Å². The third-order valence-corrected chi connectivity index (χ3v) is 3.30. The standard InChI is InChI=1S/C15H22N2O5/c1-15(2,3)22-14(21)17-5-4-16-10(8-17)13-11(19)6-9(18)7-12(13)20/h6-7,10,16,18-20H,4-5,8H2,1-3H3. The summed E-state index contributed by atoms with van der Waals surface area (Å²) in [5, 5.41) is 32.4. The molecule has 1 fully saturated rings. The van der Waals surface area contributed by atoms with Gasteiger partial charge in [0.2, 0.25) is 0 Å². The van der Waals surface area contributed by atoms with E-state index < -0.39 is 17.7 Å². The summed E-state index contributed by atoms with van der Waals surface area (Å²) in [5.41, 5.74) is -0.327. The van der Waals surface area contributed by atoms with E-state index in [0.717, 1.165) is 12.1 Å². The van der Waals surface area contributed by atoms with Crippen LogP contribution in [0.2, 0.25) is 0 Å². The van der Waals surface area contributed by atoms with Gasteiger partial charge in [-0.15, -0.1) is 0 Å². The topological polar surface area (TPSA) is 102 Å². The molecular formula is C15H22N2O5. The minimum absolute atomic E-state index is 0.221. The zero-order valence-electron chi connectivity index (χ0n) is 13.0. The smallest absolute Gasteiger partial charge is 0.410 e. The molecule has 0 aliphatic carbocycles. The number of amides is 1. The summed E-state index contributed by atoms with van der Waals surface area (Å²) in [7, 11) is 0. The number of aromatic hydroxyl groups is 3. The van der Waals surface area contributed by atoms with Crippen molar-refractivity contribution in [3.63, 3.8) is 0 Å². The molecule has 22 heavy (non-hydrogen) atoms. The largest absolute Gasteiger partial charge is 0.508 e. The van der Waals surface area contributed by atoms with Crippen molar-refractivity contribution in [1.82, 2.24) is 10.2 Å². The summed E-state index contributed by atoms with van der Waals surface area (Å²) in [6, 6.07) is 1.87. The Labute approximate surface area is 129 Å². The van der Waals surface area contributed by atoms with E-state index in [-0.39, 0.29) is 29.4 Å². The van der Waals surface area contributed by atoms with Crippen LogP contribution in [0.5, 0.6) is 17.2 Å². The number of carbonyl (C=O) groups excluding carboxylic acids is 1. The molecule has 1 unspecified atom stereocenters. The van der Waals surface area contributed by atoms with Crippen molar-refractivity contribution in [2.24, 2.45) is 0 Å². The summed E-state index contributed by atoms with van der Waals surface area (Å²) in [6.45, 7) is 6.61. The third kappa shape index (κ3) is 3.73. The number of piperazine rings is 1. The molecule has 0 bridgehead atoms. The fourth-order valence-electron chi connectivity index (χ4n) is 2.40. The maximum atomic E-state index is 12.1. The van der Waals surface area contributed by atoms with Crippen LogP contribution in [-0.4, -0.2) is 51.5 Å². The second-order valence-corrected chi connectivity index (χ2v) is 6.33. The summed E-state index contributed by atoms with van der Waals surface area (Å²) < 4.78 is 5.34. The molecule has 0 radical (unpaired) electrons. The molecule has 1 aromatic carbocycles. The Morgan fingerprint density at radius 3 is 2.41 bits per heavy atom. The van der Waals surface area contributed by atoms with Crippen LogP contribution in [0.15, 0.2) is 12.1 Å². The number of hydrogen-bond acceptors (Lipinski definition) is 6. The second kappa shape index (κ2) is 5.92. The first kappa shape index (κ1) is 16.2. The number of phenols is 3. The average molecular weight is 310 g/mol. The molecule has 1 aliphatic heterocycles. The summed E-state index contributed by atoms with van der Waals surface area (Å²) >= 11 is 0. The lowest BCUT2D eigenvalue weighted by molar-refractivity contribution is 0.0193. The van der Waals surface area contributed by atoms with E-state index in [1.165, 1.54) is 4.90 Å². The molecule has 7 nitrogen and oxygen atoms in total. The highest BCUT2D eigenvalue weighted by Crippen LogP contribution is 2.37. The van der Waals surface area contributed by atoms with Gasteiger partial charge in [0.05, 0.1) is 11.6 Å². The predicted molar refractivity (Wildman–Crippen MR) is 80.0 cm³/mol. The average Bonchev–Trinajstić information content (AvgIpc) is 2.35. The van der Waals surface area contributed by atoms with Crippen LogP contribution in [0.4, 0.5) is 4.79 Å². The molecule has 1 atom stereocenters. The van der Waals surface area contributed by atoms with E-state index in [1.807, 2.05) is 0 Å². The van der Waals surface area contributed by atoms with Gasteiger partial charge in [-0.3, -0.25) is 0 Å². The second-order valence-electron chi connectivity index (χ2n) is 6.33. The first-order valence-electron chi connectivity index (χ1n) is 7.13. The summed E-state index contributed by atoms with van der Waals surface area (Å²) in [5.74, 6) is -0.666. The molecule has 1 aromatic rings. The van der Waals surface area contributed by atoms with E-state index in [1.54, 1.807) is 20.8 Å².